The van der Waals surface area contributed by atoms with Crippen molar-refractivity contribution >= 4 is 17.6 Å². The molecule has 1 fully saturated rings. The number of rotatable bonds is 4. The Bertz CT molecular complexity index is 824. The molecule has 4 rings (SSSR count). The molecule has 140 valence electrons. The van der Waals surface area contributed by atoms with Gasteiger partial charge < -0.3 is 20.9 Å². The Balaban J connectivity index is 1.34. The van der Waals surface area contributed by atoms with Gasteiger partial charge in [-0.2, -0.15) is 0 Å². The molecule has 6 heteroatoms. The molecule has 2 unspecified atom stereocenters. The van der Waals surface area contributed by atoms with E-state index in [1.807, 2.05) is 54.6 Å². The van der Waals surface area contributed by atoms with E-state index in [-0.39, 0.29) is 30.6 Å². The van der Waals surface area contributed by atoms with Gasteiger partial charge in [-0.05, 0) is 30.0 Å². The zero-order valence-electron chi connectivity index (χ0n) is 15.2. The lowest BCUT2D eigenvalue weighted by molar-refractivity contribution is -0.122. The maximum absolute atomic E-state index is 12.5. The van der Waals surface area contributed by atoms with Crippen LogP contribution in [0.25, 0.3) is 0 Å². The zero-order chi connectivity index (χ0) is 18.6. The van der Waals surface area contributed by atoms with Gasteiger partial charge in [-0.25, -0.2) is 4.79 Å². The first-order valence-corrected chi connectivity index (χ1v) is 9.43. The Hall–Kier alpha value is -3.02. The lowest BCUT2D eigenvalue weighted by Gasteiger charge is -2.33. The molecule has 1 saturated heterocycles. The molecule has 0 saturated carbocycles. The highest BCUT2D eigenvalue weighted by Crippen LogP contribution is 2.29. The average Bonchev–Trinajstić information content (AvgIpc) is 2.70. The van der Waals surface area contributed by atoms with Crippen LogP contribution in [0.4, 0.5) is 10.5 Å². The van der Waals surface area contributed by atoms with Crippen molar-refractivity contribution in [3.63, 3.8) is 0 Å². The molecule has 3 N–H and O–H groups in total. The van der Waals surface area contributed by atoms with Crippen LogP contribution in [0.2, 0.25) is 0 Å². The minimum absolute atomic E-state index is 0.00862. The van der Waals surface area contributed by atoms with Gasteiger partial charge in [-0.1, -0.05) is 48.5 Å². The number of anilines is 1. The van der Waals surface area contributed by atoms with Gasteiger partial charge in [-0.15, -0.1) is 0 Å². The van der Waals surface area contributed by atoms with Gasteiger partial charge in [0.2, 0.25) is 5.91 Å². The van der Waals surface area contributed by atoms with E-state index < -0.39 is 0 Å². The molecular weight excluding hydrogens is 340 g/mol. The smallest absolute Gasteiger partial charge is 0.318 e. The molecular formula is C21H24N4O2. The summed E-state index contributed by atoms with van der Waals surface area (Å²) in [6.07, 6.45) is 1.63. The third-order valence-electron chi connectivity index (χ3n) is 5.23. The molecule has 2 aliphatic rings. The topological polar surface area (TPSA) is 73.5 Å². The van der Waals surface area contributed by atoms with Crippen molar-refractivity contribution in [2.45, 2.75) is 24.9 Å². The van der Waals surface area contributed by atoms with Gasteiger partial charge in [0.05, 0.1) is 12.1 Å². The van der Waals surface area contributed by atoms with Gasteiger partial charge in [0.25, 0.3) is 0 Å². The first-order chi connectivity index (χ1) is 13.2. The number of hydrogen-bond donors (Lipinski definition) is 3. The van der Waals surface area contributed by atoms with Crippen molar-refractivity contribution in [1.82, 2.24) is 15.5 Å². The maximum Gasteiger partial charge on any atom is 0.318 e. The molecule has 0 spiro atoms. The van der Waals surface area contributed by atoms with Gasteiger partial charge in [0.15, 0.2) is 0 Å². The molecule has 2 aliphatic heterocycles. The van der Waals surface area contributed by atoms with Crippen molar-refractivity contribution in [2.24, 2.45) is 0 Å². The van der Waals surface area contributed by atoms with E-state index in [4.69, 9.17) is 0 Å². The SMILES string of the molecule is O=C(CN1CCC(c2ccccc2)NC1=O)NC1CCNc2ccccc21. The predicted octanol–water partition coefficient (Wildman–Crippen LogP) is 2.82. The van der Waals surface area contributed by atoms with E-state index in [9.17, 15) is 9.59 Å². The third-order valence-corrected chi connectivity index (χ3v) is 5.23. The standard InChI is InChI=1S/C21H24N4O2/c26-20(23-19-10-12-22-18-9-5-4-8-16(18)19)14-25-13-11-17(24-21(25)27)15-6-2-1-3-7-15/h1-9,17,19,22H,10-14H2,(H,23,26)(H,24,27). The maximum atomic E-state index is 12.5. The van der Waals surface area contributed by atoms with Gasteiger partial charge >= 0.3 is 6.03 Å². The molecule has 0 radical (unpaired) electrons. The zero-order valence-corrected chi connectivity index (χ0v) is 15.2. The fraction of sp³-hybridized carbons (Fsp3) is 0.333. The number of carbonyl (C=O) groups is 2. The summed E-state index contributed by atoms with van der Waals surface area (Å²) >= 11 is 0. The Kier molecular flexibility index (Phi) is 4.96. The molecule has 2 aromatic rings. The second kappa shape index (κ2) is 7.70. The first kappa shape index (κ1) is 17.4. The molecule has 2 aromatic carbocycles. The monoisotopic (exact) mass is 364 g/mol. The molecule has 0 aliphatic carbocycles. The summed E-state index contributed by atoms with van der Waals surface area (Å²) in [7, 11) is 0. The average molecular weight is 364 g/mol. The minimum Gasteiger partial charge on any atom is -0.385 e. The molecule has 0 aromatic heterocycles. The van der Waals surface area contributed by atoms with E-state index in [2.05, 4.69) is 16.0 Å². The second-order valence-electron chi connectivity index (χ2n) is 7.05. The van der Waals surface area contributed by atoms with Crippen molar-refractivity contribution < 1.29 is 9.59 Å². The van der Waals surface area contributed by atoms with Crippen LogP contribution in [0.3, 0.4) is 0 Å². The second-order valence-corrected chi connectivity index (χ2v) is 7.05. The first-order valence-electron chi connectivity index (χ1n) is 9.43. The van der Waals surface area contributed by atoms with Crippen molar-refractivity contribution in [2.75, 3.05) is 25.0 Å². The fourth-order valence-electron chi connectivity index (χ4n) is 3.82. The number of urea groups is 1. The highest BCUT2D eigenvalue weighted by Gasteiger charge is 2.28. The minimum atomic E-state index is -0.184. The highest BCUT2D eigenvalue weighted by molar-refractivity contribution is 5.85. The number of nitrogens with one attached hydrogen (secondary N) is 3. The van der Waals surface area contributed by atoms with Gasteiger partial charge in [-0.3, -0.25) is 4.79 Å². The largest absolute Gasteiger partial charge is 0.385 e. The van der Waals surface area contributed by atoms with E-state index in [1.54, 1.807) is 4.90 Å². The molecule has 27 heavy (non-hydrogen) atoms. The van der Waals surface area contributed by atoms with Crippen LogP contribution in [0.5, 0.6) is 0 Å². The Morgan fingerprint density at radius 1 is 1.07 bits per heavy atom. The van der Waals surface area contributed by atoms with Crippen molar-refractivity contribution in [3.8, 4) is 0 Å². The Morgan fingerprint density at radius 3 is 2.67 bits per heavy atom. The Labute approximate surface area is 158 Å². The summed E-state index contributed by atoms with van der Waals surface area (Å²) in [5.41, 5.74) is 3.26. The molecule has 2 heterocycles. The van der Waals surface area contributed by atoms with Crippen LogP contribution < -0.4 is 16.0 Å². The summed E-state index contributed by atoms with van der Waals surface area (Å²) < 4.78 is 0. The van der Waals surface area contributed by atoms with E-state index in [0.29, 0.717) is 6.54 Å². The highest BCUT2D eigenvalue weighted by atomic mass is 16.2. The van der Waals surface area contributed by atoms with Crippen LogP contribution in [0.15, 0.2) is 54.6 Å². The number of fused-ring (bicyclic) bond motifs is 1. The number of nitrogens with zero attached hydrogens (tertiary/aromatic N) is 1. The van der Waals surface area contributed by atoms with Gasteiger partial charge in [0.1, 0.15) is 6.54 Å². The summed E-state index contributed by atoms with van der Waals surface area (Å²) in [6, 6.07) is 17.8. The third kappa shape index (κ3) is 3.89. The lowest BCUT2D eigenvalue weighted by Crippen LogP contribution is -2.51. The summed E-state index contributed by atoms with van der Waals surface area (Å²) in [5, 5.41) is 9.44. The fourth-order valence-corrected chi connectivity index (χ4v) is 3.82. The van der Waals surface area contributed by atoms with E-state index in [0.717, 1.165) is 36.2 Å². The quantitative estimate of drug-likeness (QED) is 0.781. The van der Waals surface area contributed by atoms with E-state index >= 15 is 0 Å². The number of benzene rings is 2. The number of amides is 3. The number of carbonyl (C=O) groups excluding carboxylic acids is 2. The van der Waals surface area contributed by atoms with Crippen molar-refractivity contribution in [3.05, 3.63) is 65.7 Å². The predicted molar refractivity (Wildman–Crippen MR) is 104 cm³/mol. The van der Waals surface area contributed by atoms with E-state index in [1.165, 1.54) is 0 Å². The number of hydrogen-bond acceptors (Lipinski definition) is 3. The molecule has 2 atom stereocenters. The van der Waals surface area contributed by atoms with Crippen LogP contribution in [0.1, 0.15) is 36.1 Å². The van der Waals surface area contributed by atoms with Crippen LogP contribution >= 0.6 is 0 Å². The number of para-hydroxylation sites is 1. The summed E-state index contributed by atoms with van der Waals surface area (Å²) in [5.74, 6) is -0.120. The molecule has 6 nitrogen and oxygen atoms in total. The summed E-state index contributed by atoms with van der Waals surface area (Å²) in [4.78, 5) is 26.5. The van der Waals surface area contributed by atoms with Crippen LogP contribution in [0, 0.1) is 0 Å². The van der Waals surface area contributed by atoms with Crippen molar-refractivity contribution in [1.29, 1.82) is 0 Å². The molecule has 3 amide bonds. The Morgan fingerprint density at radius 2 is 1.85 bits per heavy atom. The lowest BCUT2D eigenvalue weighted by atomic mass is 9.98. The van der Waals surface area contributed by atoms with Crippen LogP contribution in [-0.2, 0) is 4.79 Å². The van der Waals surface area contributed by atoms with Crippen LogP contribution in [-0.4, -0.2) is 36.5 Å². The molecule has 0 bridgehead atoms. The summed E-state index contributed by atoms with van der Waals surface area (Å²) in [6.45, 7) is 1.48. The normalized spacial score (nSPS) is 21.6. The van der Waals surface area contributed by atoms with Gasteiger partial charge in [0, 0.05) is 18.8 Å².